The fourth-order valence-corrected chi connectivity index (χ4v) is 2.95. The van der Waals surface area contributed by atoms with Crippen LogP contribution in [0.3, 0.4) is 0 Å². The number of methoxy groups -OCH3 is 1. The zero-order valence-electron chi connectivity index (χ0n) is 10.5. The van der Waals surface area contributed by atoms with Crippen molar-refractivity contribution in [3.8, 4) is 0 Å². The Labute approximate surface area is 114 Å². The number of benzene rings is 1. The van der Waals surface area contributed by atoms with E-state index in [1.165, 1.54) is 18.9 Å². The second-order valence-electron chi connectivity index (χ2n) is 3.96. The number of esters is 1. The molecule has 1 aromatic rings. The lowest BCUT2D eigenvalue weighted by atomic mass is 10.2. The van der Waals surface area contributed by atoms with Crippen LogP contribution in [0.5, 0.6) is 0 Å². The van der Waals surface area contributed by atoms with E-state index in [0.717, 1.165) is 10.6 Å². The number of hydrogen-bond acceptors (Lipinski definition) is 5. The quantitative estimate of drug-likeness (QED) is 0.855. The third kappa shape index (κ3) is 2.58. The number of carboxylic acids is 1. The third-order valence-corrected chi connectivity index (χ3v) is 4.00. The summed E-state index contributed by atoms with van der Waals surface area (Å²) < 4.78 is 4.74. The molecule has 19 heavy (non-hydrogen) atoms. The standard InChI is InChI=1S/C13H13NO4S/c1-8-12(13(17)18-2)19-10-6-4-3-5-9(10)14(8)7-11(15)16/h3-6H,7H2,1-2H3,(H,15,16). The molecule has 1 heterocycles. The highest BCUT2D eigenvalue weighted by molar-refractivity contribution is 8.04. The maximum absolute atomic E-state index is 11.7. The molecule has 0 spiro atoms. The van der Waals surface area contributed by atoms with Gasteiger partial charge in [-0.2, -0.15) is 0 Å². The molecule has 6 heteroatoms. The van der Waals surface area contributed by atoms with E-state index < -0.39 is 11.9 Å². The number of allylic oxidation sites excluding steroid dienone is 1. The van der Waals surface area contributed by atoms with Gasteiger partial charge in [0.1, 0.15) is 11.4 Å². The maximum Gasteiger partial charge on any atom is 0.346 e. The highest BCUT2D eigenvalue weighted by atomic mass is 32.2. The molecule has 1 aliphatic heterocycles. The molecule has 0 saturated carbocycles. The van der Waals surface area contributed by atoms with Gasteiger partial charge in [0.2, 0.25) is 0 Å². The van der Waals surface area contributed by atoms with E-state index in [1.54, 1.807) is 11.8 Å². The fraction of sp³-hybridized carbons (Fsp3) is 0.231. The average Bonchev–Trinajstić information content (AvgIpc) is 2.40. The van der Waals surface area contributed by atoms with E-state index in [-0.39, 0.29) is 6.54 Å². The molecule has 0 bridgehead atoms. The minimum atomic E-state index is -0.953. The molecule has 1 aliphatic rings. The Morgan fingerprint density at radius 2 is 2.05 bits per heavy atom. The molecule has 1 N–H and O–H groups in total. The van der Waals surface area contributed by atoms with Crippen LogP contribution in [-0.4, -0.2) is 30.7 Å². The van der Waals surface area contributed by atoms with E-state index in [9.17, 15) is 9.59 Å². The van der Waals surface area contributed by atoms with E-state index in [2.05, 4.69) is 0 Å². The van der Waals surface area contributed by atoms with Crippen molar-refractivity contribution in [2.24, 2.45) is 0 Å². The number of aliphatic carboxylic acids is 1. The zero-order chi connectivity index (χ0) is 14.0. The summed E-state index contributed by atoms with van der Waals surface area (Å²) in [5.74, 6) is -1.40. The van der Waals surface area contributed by atoms with Crippen molar-refractivity contribution in [3.63, 3.8) is 0 Å². The summed E-state index contributed by atoms with van der Waals surface area (Å²) in [7, 11) is 1.31. The summed E-state index contributed by atoms with van der Waals surface area (Å²) in [6, 6.07) is 7.37. The minimum Gasteiger partial charge on any atom is -0.480 e. The van der Waals surface area contributed by atoms with Crippen LogP contribution in [0.1, 0.15) is 6.92 Å². The topological polar surface area (TPSA) is 66.8 Å². The molecule has 0 atom stereocenters. The Balaban J connectivity index is 2.49. The molecule has 2 rings (SSSR count). The Morgan fingerprint density at radius 3 is 2.68 bits per heavy atom. The summed E-state index contributed by atoms with van der Waals surface area (Å²) in [6.45, 7) is 1.53. The number of para-hydroxylation sites is 1. The highest BCUT2D eigenvalue weighted by Crippen LogP contribution is 2.43. The van der Waals surface area contributed by atoms with Crippen LogP contribution < -0.4 is 4.90 Å². The molecule has 0 amide bonds. The molecule has 0 radical (unpaired) electrons. The molecule has 0 saturated heterocycles. The van der Waals surface area contributed by atoms with Crippen molar-refractivity contribution >= 4 is 29.4 Å². The first kappa shape index (κ1) is 13.5. The predicted octanol–water partition coefficient (Wildman–Crippen LogP) is 2.09. The van der Waals surface area contributed by atoms with Crippen molar-refractivity contribution in [1.82, 2.24) is 0 Å². The second kappa shape index (κ2) is 5.36. The fourth-order valence-electron chi connectivity index (χ4n) is 1.87. The van der Waals surface area contributed by atoms with E-state index in [4.69, 9.17) is 9.84 Å². The van der Waals surface area contributed by atoms with E-state index in [0.29, 0.717) is 10.6 Å². The van der Waals surface area contributed by atoms with Gasteiger partial charge in [0.05, 0.1) is 12.8 Å². The number of nitrogens with zero attached hydrogens (tertiary/aromatic N) is 1. The van der Waals surface area contributed by atoms with Crippen molar-refractivity contribution < 1.29 is 19.4 Å². The number of rotatable bonds is 3. The number of ether oxygens (including phenoxy) is 1. The predicted molar refractivity (Wildman–Crippen MR) is 72.0 cm³/mol. The van der Waals surface area contributed by atoms with Gasteiger partial charge in [-0.15, -0.1) is 0 Å². The van der Waals surface area contributed by atoms with Crippen LogP contribution in [0, 0.1) is 0 Å². The lowest BCUT2D eigenvalue weighted by molar-refractivity contribution is -0.136. The Bertz CT molecular complexity index is 568. The normalized spacial score (nSPS) is 14.1. The first-order valence-corrected chi connectivity index (χ1v) is 6.41. The van der Waals surface area contributed by atoms with Gasteiger partial charge in [-0.3, -0.25) is 4.79 Å². The molecule has 0 aromatic heterocycles. The van der Waals surface area contributed by atoms with Crippen LogP contribution in [-0.2, 0) is 14.3 Å². The summed E-state index contributed by atoms with van der Waals surface area (Å²) in [4.78, 5) is 25.6. The van der Waals surface area contributed by atoms with Crippen molar-refractivity contribution in [1.29, 1.82) is 0 Å². The zero-order valence-corrected chi connectivity index (χ0v) is 11.4. The van der Waals surface area contributed by atoms with Crippen molar-refractivity contribution in [2.75, 3.05) is 18.6 Å². The van der Waals surface area contributed by atoms with E-state index in [1.807, 2.05) is 24.3 Å². The third-order valence-electron chi connectivity index (χ3n) is 2.77. The first-order valence-electron chi connectivity index (χ1n) is 5.60. The molecule has 0 fully saturated rings. The Morgan fingerprint density at radius 1 is 1.37 bits per heavy atom. The van der Waals surface area contributed by atoms with Crippen molar-refractivity contribution in [2.45, 2.75) is 11.8 Å². The molecule has 1 aromatic carbocycles. The van der Waals surface area contributed by atoms with Gasteiger partial charge in [0.25, 0.3) is 0 Å². The van der Waals surface area contributed by atoms with Gasteiger partial charge in [-0.1, -0.05) is 23.9 Å². The van der Waals surface area contributed by atoms with Crippen LogP contribution in [0.4, 0.5) is 5.69 Å². The second-order valence-corrected chi connectivity index (χ2v) is 5.01. The molecule has 5 nitrogen and oxygen atoms in total. The van der Waals surface area contributed by atoms with Crippen LogP contribution in [0.2, 0.25) is 0 Å². The smallest absolute Gasteiger partial charge is 0.346 e. The lowest BCUT2D eigenvalue weighted by Gasteiger charge is -2.31. The van der Waals surface area contributed by atoms with Gasteiger partial charge in [0, 0.05) is 10.6 Å². The first-order chi connectivity index (χ1) is 9.04. The summed E-state index contributed by atoms with van der Waals surface area (Å²) in [6.07, 6.45) is 0. The number of carboxylic acid groups (broad SMARTS) is 1. The SMILES string of the molecule is COC(=O)C1=C(C)N(CC(=O)O)c2ccccc2S1. The van der Waals surface area contributed by atoms with Gasteiger partial charge < -0.3 is 14.7 Å². The van der Waals surface area contributed by atoms with Crippen LogP contribution >= 0.6 is 11.8 Å². The van der Waals surface area contributed by atoms with Crippen molar-refractivity contribution in [3.05, 3.63) is 34.9 Å². The Kier molecular flexibility index (Phi) is 3.80. The van der Waals surface area contributed by atoms with Crippen LogP contribution in [0.15, 0.2) is 39.8 Å². The maximum atomic E-state index is 11.7. The number of carbonyl (C=O) groups excluding carboxylic acids is 1. The van der Waals surface area contributed by atoms with Gasteiger partial charge in [-0.25, -0.2) is 4.79 Å². The lowest BCUT2D eigenvalue weighted by Crippen LogP contribution is -2.31. The number of thioether (sulfide) groups is 1. The van der Waals surface area contributed by atoms with Gasteiger partial charge in [-0.05, 0) is 19.1 Å². The molecular formula is C13H13NO4S. The number of hydrogen-bond donors (Lipinski definition) is 1. The Hall–Kier alpha value is -1.95. The number of anilines is 1. The monoisotopic (exact) mass is 279 g/mol. The van der Waals surface area contributed by atoms with Crippen LogP contribution in [0.25, 0.3) is 0 Å². The highest BCUT2D eigenvalue weighted by Gasteiger charge is 2.28. The van der Waals surface area contributed by atoms with Gasteiger partial charge >= 0.3 is 11.9 Å². The minimum absolute atomic E-state index is 0.191. The number of carbonyl (C=O) groups is 2. The molecule has 0 aliphatic carbocycles. The van der Waals surface area contributed by atoms with Gasteiger partial charge in [0.15, 0.2) is 0 Å². The molecular weight excluding hydrogens is 266 g/mol. The summed E-state index contributed by atoms with van der Waals surface area (Å²) >= 11 is 1.30. The molecule has 0 unspecified atom stereocenters. The number of fused-ring (bicyclic) bond motifs is 1. The summed E-state index contributed by atoms with van der Waals surface area (Å²) in [5.41, 5.74) is 1.39. The molecule has 100 valence electrons. The van der Waals surface area contributed by atoms with E-state index >= 15 is 0 Å². The summed E-state index contributed by atoms with van der Waals surface area (Å²) in [5, 5.41) is 9.00. The largest absolute Gasteiger partial charge is 0.480 e. The average molecular weight is 279 g/mol.